The minimum Gasteiger partial charge on any atom is -0.481 e. The molecule has 1 aromatic carbocycles. The van der Waals surface area contributed by atoms with Crippen LogP contribution in [0.5, 0.6) is 0 Å². The number of carboxylic acids is 1. The lowest BCUT2D eigenvalue weighted by atomic mass is 9.79. The Bertz CT molecular complexity index is 867. The summed E-state index contributed by atoms with van der Waals surface area (Å²) in [5, 5.41) is 16.5. The van der Waals surface area contributed by atoms with Gasteiger partial charge >= 0.3 is 5.97 Å². The SMILES string of the molecule is O=C(Nc1ccccc1F)c1ccsc1NC(=O)[C@H]1CCCC[C@@H]1C(=O)O. The van der Waals surface area contributed by atoms with Crippen molar-refractivity contribution in [2.45, 2.75) is 25.7 Å². The maximum atomic E-state index is 13.7. The number of benzene rings is 1. The van der Waals surface area contributed by atoms with Gasteiger partial charge in [-0.3, -0.25) is 14.4 Å². The van der Waals surface area contributed by atoms with E-state index in [2.05, 4.69) is 10.6 Å². The van der Waals surface area contributed by atoms with Gasteiger partial charge in [-0.15, -0.1) is 11.3 Å². The second-order valence-electron chi connectivity index (χ2n) is 6.42. The molecule has 3 rings (SSSR count). The van der Waals surface area contributed by atoms with Crippen LogP contribution in [0.25, 0.3) is 0 Å². The molecule has 142 valence electrons. The summed E-state index contributed by atoms with van der Waals surface area (Å²) in [4.78, 5) is 36.5. The van der Waals surface area contributed by atoms with E-state index in [-0.39, 0.29) is 11.3 Å². The standard InChI is InChI=1S/C19H19FN2O4S/c20-14-7-3-4-8-15(14)21-17(24)13-9-10-27-18(13)22-16(23)11-5-1-2-6-12(11)19(25)26/h3-4,7-12H,1-2,5-6H2,(H,21,24)(H,22,23)(H,25,26)/t11-,12-/m0/s1. The van der Waals surface area contributed by atoms with Crippen LogP contribution in [0.1, 0.15) is 36.0 Å². The zero-order valence-electron chi connectivity index (χ0n) is 14.4. The molecule has 2 atom stereocenters. The van der Waals surface area contributed by atoms with Crippen molar-refractivity contribution in [1.29, 1.82) is 0 Å². The molecule has 0 radical (unpaired) electrons. The minimum absolute atomic E-state index is 0.0456. The summed E-state index contributed by atoms with van der Waals surface area (Å²) in [5.41, 5.74) is 0.253. The Hall–Kier alpha value is -2.74. The molecule has 27 heavy (non-hydrogen) atoms. The summed E-state index contributed by atoms with van der Waals surface area (Å²) in [6.07, 6.45) is 2.56. The van der Waals surface area contributed by atoms with Crippen LogP contribution in [0.3, 0.4) is 0 Å². The van der Waals surface area contributed by atoms with E-state index in [0.717, 1.165) is 24.2 Å². The third kappa shape index (κ3) is 4.33. The molecular weight excluding hydrogens is 371 g/mol. The quantitative estimate of drug-likeness (QED) is 0.720. The van der Waals surface area contributed by atoms with Gasteiger partial charge in [0.1, 0.15) is 10.8 Å². The molecule has 0 aliphatic heterocycles. The third-order valence-corrected chi connectivity index (χ3v) is 5.52. The van der Waals surface area contributed by atoms with Gasteiger partial charge in [-0.1, -0.05) is 25.0 Å². The highest BCUT2D eigenvalue weighted by atomic mass is 32.1. The topological polar surface area (TPSA) is 95.5 Å². The van der Waals surface area contributed by atoms with Crippen molar-refractivity contribution in [3.8, 4) is 0 Å². The van der Waals surface area contributed by atoms with Crippen LogP contribution in [0.15, 0.2) is 35.7 Å². The van der Waals surface area contributed by atoms with Crippen molar-refractivity contribution in [3.63, 3.8) is 0 Å². The van der Waals surface area contributed by atoms with Crippen molar-refractivity contribution in [1.82, 2.24) is 0 Å². The van der Waals surface area contributed by atoms with Crippen LogP contribution in [-0.2, 0) is 9.59 Å². The van der Waals surface area contributed by atoms with Gasteiger partial charge in [0.05, 0.1) is 23.1 Å². The first-order valence-corrected chi connectivity index (χ1v) is 9.52. The average Bonchev–Trinajstić information content (AvgIpc) is 3.11. The fourth-order valence-corrected chi connectivity index (χ4v) is 4.07. The lowest BCUT2D eigenvalue weighted by Crippen LogP contribution is -2.36. The highest BCUT2D eigenvalue weighted by Gasteiger charge is 2.36. The van der Waals surface area contributed by atoms with Gasteiger partial charge < -0.3 is 15.7 Å². The van der Waals surface area contributed by atoms with E-state index < -0.39 is 35.4 Å². The van der Waals surface area contributed by atoms with E-state index in [0.29, 0.717) is 17.8 Å². The molecule has 0 bridgehead atoms. The second-order valence-corrected chi connectivity index (χ2v) is 7.34. The lowest BCUT2D eigenvalue weighted by Gasteiger charge is -2.27. The van der Waals surface area contributed by atoms with Gasteiger partial charge in [0.15, 0.2) is 0 Å². The number of nitrogens with one attached hydrogen (secondary N) is 2. The smallest absolute Gasteiger partial charge is 0.307 e. The maximum Gasteiger partial charge on any atom is 0.307 e. The molecule has 1 aliphatic rings. The molecule has 1 heterocycles. The highest BCUT2D eigenvalue weighted by molar-refractivity contribution is 7.14. The van der Waals surface area contributed by atoms with Gasteiger partial charge in [0, 0.05) is 0 Å². The van der Waals surface area contributed by atoms with Crippen molar-refractivity contribution in [3.05, 3.63) is 47.1 Å². The molecular formula is C19H19FN2O4S. The van der Waals surface area contributed by atoms with Crippen LogP contribution >= 0.6 is 11.3 Å². The van der Waals surface area contributed by atoms with Gasteiger partial charge in [0.25, 0.3) is 5.91 Å². The minimum atomic E-state index is -0.974. The number of hydrogen-bond acceptors (Lipinski definition) is 4. The Morgan fingerprint density at radius 1 is 1.04 bits per heavy atom. The molecule has 2 aromatic rings. The zero-order valence-corrected chi connectivity index (χ0v) is 15.2. The van der Waals surface area contributed by atoms with E-state index in [1.807, 2.05) is 0 Å². The molecule has 1 aliphatic carbocycles. The Labute approximate surface area is 159 Å². The summed E-state index contributed by atoms with van der Waals surface area (Å²) in [5.74, 6) is -3.81. The maximum absolute atomic E-state index is 13.7. The van der Waals surface area contributed by atoms with Gasteiger partial charge in [-0.05, 0) is 36.4 Å². The molecule has 8 heteroatoms. The van der Waals surface area contributed by atoms with Crippen LogP contribution in [0.4, 0.5) is 15.1 Å². The highest BCUT2D eigenvalue weighted by Crippen LogP contribution is 2.33. The molecule has 1 saturated carbocycles. The predicted octanol–water partition coefficient (Wildman–Crippen LogP) is 3.97. The fraction of sp³-hybridized carbons (Fsp3) is 0.316. The third-order valence-electron chi connectivity index (χ3n) is 4.69. The second kappa shape index (κ2) is 8.30. The first-order chi connectivity index (χ1) is 13.0. The lowest BCUT2D eigenvalue weighted by molar-refractivity contribution is -0.147. The first kappa shape index (κ1) is 19.0. The summed E-state index contributed by atoms with van der Waals surface area (Å²) in [6, 6.07) is 7.33. The molecule has 0 unspecified atom stereocenters. The van der Waals surface area contributed by atoms with Gasteiger partial charge in [-0.2, -0.15) is 0 Å². The number of hydrogen-bond donors (Lipinski definition) is 3. The number of aliphatic carboxylic acids is 1. The van der Waals surface area contributed by atoms with Crippen LogP contribution in [-0.4, -0.2) is 22.9 Å². The van der Waals surface area contributed by atoms with Gasteiger partial charge in [0.2, 0.25) is 5.91 Å². The number of para-hydroxylation sites is 1. The Morgan fingerprint density at radius 3 is 2.44 bits per heavy atom. The van der Waals surface area contributed by atoms with Crippen molar-refractivity contribution >= 4 is 39.8 Å². The molecule has 1 aromatic heterocycles. The number of carboxylic acid groups (broad SMARTS) is 1. The first-order valence-electron chi connectivity index (χ1n) is 8.64. The Balaban J connectivity index is 1.73. The number of rotatable bonds is 5. The summed E-state index contributed by atoms with van der Waals surface area (Å²) < 4.78 is 13.7. The summed E-state index contributed by atoms with van der Waals surface area (Å²) >= 11 is 1.16. The van der Waals surface area contributed by atoms with Gasteiger partial charge in [-0.25, -0.2) is 4.39 Å². The molecule has 3 N–H and O–H groups in total. The summed E-state index contributed by atoms with van der Waals surface area (Å²) in [6.45, 7) is 0. The molecule has 2 amide bonds. The monoisotopic (exact) mass is 390 g/mol. The van der Waals surface area contributed by atoms with Crippen molar-refractivity contribution in [2.24, 2.45) is 11.8 Å². The number of thiophene rings is 1. The number of carbonyl (C=O) groups is 3. The van der Waals surface area contributed by atoms with Crippen LogP contribution < -0.4 is 10.6 Å². The van der Waals surface area contributed by atoms with E-state index in [1.54, 1.807) is 11.4 Å². The van der Waals surface area contributed by atoms with E-state index in [9.17, 15) is 23.9 Å². The fourth-order valence-electron chi connectivity index (χ4n) is 3.28. The zero-order chi connectivity index (χ0) is 19.4. The number of carbonyl (C=O) groups excluding carboxylic acids is 2. The van der Waals surface area contributed by atoms with E-state index in [4.69, 9.17) is 0 Å². The van der Waals surface area contributed by atoms with Crippen LogP contribution in [0.2, 0.25) is 0 Å². The van der Waals surface area contributed by atoms with E-state index >= 15 is 0 Å². The van der Waals surface area contributed by atoms with Crippen molar-refractivity contribution < 1.29 is 23.9 Å². The Morgan fingerprint density at radius 2 is 1.74 bits per heavy atom. The normalized spacial score (nSPS) is 19.3. The average molecular weight is 390 g/mol. The largest absolute Gasteiger partial charge is 0.481 e. The number of amides is 2. The predicted molar refractivity (Wildman–Crippen MR) is 100 cm³/mol. The number of halogens is 1. The molecule has 0 spiro atoms. The summed E-state index contributed by atoms with van der Waals surface area (Å²) in [7, 11) is 0. The number of anilines is 2. The molecule has 6 nitrogen and oxygen atoms in total. The van der Waals surface area contributed by atoms with Crippen LogP contribution in [0, 0.1) is 17.7 Å². The molecule has 1 fully saturated rings. The van der Waals surface area contributed by atoms with E-state index in [1.165, 1.54) is 24.3 Å². The Kier molecular flexibility index (Phi) is 5.85. The molecule has 0 saturated heterocycles. The van der Waals surface area contributed by atoms with Crippen molar-refractivity contribution in [2.75, 3.05) is 10.6 Å².